The van der Waals surface area contributed by atoms with E-state index in [1.165, 1.54) is 0 Å². The van der Waals surface area contributed by atoms with Crippen LogP contribution in [-0.4, -0.2) is 24.4 Å². The highest BCUT2D eigenvalue weighted by atomic mass is 16.6. The van der Waals surface area contributed by atoms with Crippen LogP contribution in [0.1, 0.15) is 62.3 Å². The van der Waals surface area contributed by atoms with Crippen molar-refractivity contribution in [2.24, 2.45) is 22.2 Å². The molecule has 2 bridgehead atoms. The van der Waals surface area contributed by atoms with Gasteiger partial charge in [-0.25, -0.2) is 0 Å². The normalized spacial score (nSPS) is 39.9. The van der Waals surface area contributed by atoms with Gasteiger partial charge in [-0.1, -0.05) is 62.3 Å². The molecule has 2 heteroatoms. The predicted octanol–water partition coefficient (Wildman–Crippen LogP) is 4.28. The molecule has 2 aliphatic rings. The van der Waals surface area contributed by atoms with E-state index >= 15 is 0 Å². The third kappa shape index (κ3) is 2.15. The van der Waals surface area contributed by atoms with E-state index in [0.717, 1.165) is 6.61 Å². The first kappa shape index (κ1) is 15.3. The van der Waals surface area contributed by atoms with Crippen LogP contribution in [0.3, 0.4) is 0 Å². The highest BCUT2D eigenvalue weighted by Gasteiger charge is 2.69. The maximum Gasteiger partial charge on any atom is 0.103 e. The van der Waals surface area contributed by atoms with Crippen molar-refractivity contribution < 1.29 is 9.47 Å². The third-order valence-electron chi connectivity index (χ3n) is 5.01. The van der Waals surface area contributed by atoms with Crippen molar-refractivity contribution in [2.75, 3.05) is 6.61 Å². The Kier molecular flexibility index (Phi) is 3.20. The Balaban J connectivity index is 2.48. The fraction of sp³-hybridized carbons (Fsp3) is 1.00. The second kappa shape index (κ2) is 3.98. The minimum Gasteiger partial charge on any atom is -0.372 e. The highest BCUT2D eigenvalue weighted by Crippen LogP contribution is 2.61. The van der Waals surface area contributed by atoms with E-state index in [-0.39, 0.29) is 34.1 Å². The summed E-state index contributed by atoms with van der Waals surface area (Å²) in [5.41, 5.74) is 0.281. The lowest BCUT2D eigenvalue weighted by atomic mass is 9.61. The standard InChI is InChI=1S/C17H32O2/c1-14(2,3)12-11-13(15(4,5)6)19-17(12,10-18-11)16(7,8)9/h11-13H,10H2,1-9H3/t11-,12?,13+,17+/m0/s1. The Labute approximate surface area is 119 Å². The minimum absolute atomic E-state index is 0.0969. The van der Waals surface area contributed by atoms with Crippen molar-refractivity contribution in [3.05, 3.63) is 0 Å². The molecule has 0 spiro atoms. The van der Waals surface area contributed by atoms with Crippen LogP contribution in [0.2, 0.25) is 0 Å². The molecule has 2 heterocycles. The highest BCUT2D eigenvalue weighted by molar-refractivity contribution is 5.16. The molecule has 0 N–H and O–H groups in total. The molecule has 2 rings (SSSR count). The van der Waals surface area contributed by atoms with Gasteiger partial charge in [0.15, 0.2) is 0 Å². The average molecular weight is 268 g/mol. The van der Waals surface area contributed by atoms with Crippen LogP contribution in [0.25, 0.3) is 0 Å². The SMILES string of the molecule is CC(C)(C)C1[C@@H]2OC[C@@]1(C(C)(C)C)O[C@H]2C(C)(C)C. The molecule has 112 valence electrons. The summed E-state index contributed by atoms with van der Waals surface area (Å²) in [6, 6.07) is 0. The first-order valence-electron chi connectivity index (χ1n) is 7.60. The number of hydrogen-bond acceptors (Lipinski definition) is 2. The van der Waals surface area contributed by atoms with Crippen LogP contribution in [0.15, 0.2) is 0 Å². The monoisotopic (exact) mass is 268 g/mol. The maximum absolute atomic E-state index is 6.69. The largest absolute Gasteiger partial charge is 0.372 e. The lowest BCUT2D eigenvalue weighted by Gasteiger charge is -2.47. The van der Waals surface area contributed by atoms with Gasteiger partial charge in [0.05, 0.1) is 18.8 Å². The van der Waals surface area contributed by atoms with E-state index in [0.29, 0.717) is 5.92 Å². The summed E-state index contributed by atoms with van der Waals surface area (Å²) in [5.74, 6) is 0.462. The quantitative estimate of drug-likeness (QED) is 0.653. The Hall–Kier alpha value is -0.0800. The molecule has 0 aliphatic carbocycles. The lowest BCUT2D eigenvalue weighted by molar-refractivity contribution is -0.210. The minimum atomic E-state index is -0.145. The van der Waals surface area contributed by atoms with Crippen molar-refractivity contribution in [3.8, 4) is 0 Å². The summed E-state index contributed by atoms with van der Waals surface area (Å²) in [5, 5.41) is 0. The number of ether oxygens (including phenoxy) is 2. The zero-order valence-electron chi connectivity index (χ0n) is 14.3. The van der Waals surface area contributed by atoms with Crippen LogP contribution in [-0.2, 0) is 9.47 Å². The average Bonchev–Trinajstić information content (AvgIpc) is 2.67. The summed E-state index contributed by atoms with van der Waals surface area (Å²) < 4.78 is 12.9. The molecule has 2 nitrogen and oxygen atoms in total. The van der Waals surface area contributed by atoms with Gasteiger partial charge >= 0.3 is 0 Å². The van der Waals surface area contributed by atoms with E-state index in [1.54, 1.807) is 0 Å². The predicted molar refractivity (Wildman–Crippen MR) is 79.2 cm³/mol. The van der Waals surface area contributed by atoms with Crippen LogP contribution < -0.4 is 0 Å². The molecule has 0 saturated carbocycles. The molecule has 19 heavy (non-hydrogen) atoms. The van der Waals surface area contributed by atoms with Crippen molar-refractivity contribution >= 4 is 0 Å². The van der Waals surface area contributed by atoms with Crippen molar-refractivity contribution in [1.82, 2.24) is 0 Å². The van der Waals surface area contributed by atoms with Gasteiger partial charge in [0.2, 0.25) is 0 Å². The van der Waals surface area contributed by atoms with Gasteiger partial charge in [-0.05, 0) is 16.2 Å². The van der Waals surface area contributed by atoms with Crippen LogP contribution in [0.5, 0.6) is 0 Å². The van der Waals surface area contributed by atoms with Crippen LogP contribution in [0.4, 0.5) is 0 Å². The summed E-state index contributed by atoms with van der Waals surface area (Å²) in [6.07, 6.45) is 0.434. The van der Waals surface area contributed by atoms with Crippen molar-refractivity contribution in [3.63, 3.8) is 0 Å². The van der Waals surface area contributed by atoms with Crippen molar-refractivity contribution in [2.45, 2.75) is 80.1 Å². The molecule has 0 radical (unpaired) electrons. The van der Waals surface area contributed by atoms with Crippen LogP contribution >= 0.6 is 0 Å². The Morgan fingerprint density at radius 2 is 1.37 bits per heavy atom. The lowest BCUT2D eigenvalue weighted by Crippen LogP contribution is -2.53. The van der Waals surface area contributed by atoms with Gasteiger partial charge in [-0.3, -0.25) is 0 Å². The zero-order chi connectivity index (χ0) is 14.9. The van der Waals surface area contributed by atoms with Gasteiger partial charge < -0.3 is 9.47 Å². The molecule has 0 aromatic rings. The Bertz CT molecular complexity index is 353. The second-order valence-electron chi connectivity index (χ2n) is 9.66. The maximum atomic E-state index is 6.69. The summed E-state index contributed by atoms with van der Waals surface area (Å²) in [4.78, 5) is 0. The molecule has 0 aromatic heterocycles. The van der Waals surface area contributed by atoms with E-state index in [4.69, 9.17) is 9.47 Å². The van der Waals surface area contributed by atoms with Gasteiger partial charge in [0.25, 0.3) is 0 Å². The fourth-order valence-electron chi connectivity index (χ4n) is 4.06. The number of hydrogen-bond donors (Lipinski definition) is 0. The zero-order valence-corrected chi connectivity index (χ0v) is 14.3. The molecule has 2 aliphatic heterocycles. The molecule has 2 fully saturated rings. The first-order valence-corrected chi connectivity index (χ1v) is 7.60. The first-order chi connectivity index (χ1) is 8.31. The number of fused-ring (bicyclic) bond motifs is 2. The fourth-order valence-corrected chi connectivity index (χ4v) is 4.06. The molecule has 2 saturated heterocycles. The smallest absolute Gasteiger partial charge is 0.103 e. The summed E-state index contributed by atoms with van der Waals surface area (Å²) in [7, 11) is 0. The topological polar surface area (TPSA) is 18.5 Å². The molecule has 4 atom stereocenters. The van der Waals surface area contributed by atoms with E-state index in [1.807, 2.05) is 0 Å². The summed E-state index contributed by atoms with van der Waals surface area (Å²) >= 11 is 0. The molecular formula is C17H32O2. The van der Waals surface area contributed by atoms with E-state index in [2.05, 4.69) is 62.3 Å². The van der Waals surface area contributed by atoms with Crippen molar-refractivity contribution in [1.29, 1.82) is 0 Å². The molecule has 0 aromatic carbocycles. The second-order valence-corrected chi connectivity index (χ2v) is 9.66. The Morgan fingerprint density at radius 1 is 0.842 bits per heavy atom. The van der Waals surface area contributed by atoms with E-state index in [9.17, 15) is 0 Å². The van der Waals surface area contributed by atoms with Crippen LogP contribution in [0, 0.1) is 22.2 Å². The molecule has 0 amide bonds. The third-order valence-corrected chi connectivity index (χ3v) is 5.01. The molecule has 1 unspecified atom stereocenters. The Morgan fingerprint density at radius 3 is 1.68 bits per heavy atom. The molecular weight excluding hydrogens is 236 g/mol. The van der Waals surface area contributed by atoms with Gasteiger partial charge in [0.1, 0.15) is 5.60 Å². The van der Waals surface area contributed by atoms with Gasteiger partial charge in [0, 0.05) is 5.92 Å². The van der Waals surface area contributed by atoms with Gasteiger partial charge in [-0.15, -0.1) is 0 Å². The summed E-state index contributed by atoms with van der Waals surface area (Å²) in [6.45, 7) is 21.4. The van der Waals surface area contributed by atoms with Gasteiger partial charge in [-0.2, -0.15) is 0 Å². The number of rotatable bonds is 0. The van der Waals surface area contributed by atoms with E-state index < -0.39 is 0 Å².